The van der Waals surface area contributed by atoms with Crippen molar-refractivity contribution in [1.29, 1.82) is 0 Å². The minimum atomic E-state index is 0.346. The Labute approximate surface area is 173 Å². The highest BCUT2D eigenvalue weighted by atomic mass is 16.4. The predicted molar refractivity (Wildman–Crippen MR) is 117 cm³/mol. The van der Waals surface area contributed by atoms with E-state index in [1.807, 2.05) is 49.3 Å². The summed E-state index contributed by atoms with van der Waals surface area (Å²) in [5.74, 6) is 1.79. The first-order chi connectivity index (χ1) is 14.1. The molecule has 2 aromatic rings. The number of aromatic nitrogens is 1. The Morgan fingerprint density at radius 1 is 1.14 bits per heavy atom. The Bertz CT molecular complexity index is 823. The smallest absolute Gasteiger partial charge is 0.194 e. The van der Waals surface area contributed by atoms with Crippen molar-refractivity contribution in [2.24, 2.45) is 0 Å². The Morgan fingerprint density at radius 2 is 1.93 bits per heavy atom. The molecular formula is C24H32N2O3. The van der Waals surface area contributed by atoms with E-state index in [9.17, 15) is 9.59 Å². The van der Waals surface area contributed by atoms with Gasteiger partial charge in [0, 0.05) is 44.0 Å². The number of rotatable bonds is 13. The summed E-state index contributed by atoms with van der Waals surface area (Å²) in [5.41, 5.74) is 2.42. The number of hydrogen-bond donors (Lipinski definition) is 0. The number of Topliss-reactive ketones (excluding diaryl/α,β-unsaturated/α-hetero) is 1. The molecule has 1 aromatic heterocycles. The summed E-state index contributed by atoms with van der Waals surface area (Å²) in [6.45, 7) is 4.88. The molecule has 2 rings (SSSR count). The average molecular weight is 397 g/mol. The van der Waals surface area contributed by atoms with E-state index in [-0.39, 0.29) is 0 Å². The van der Waals surface area contributed by atoms with Crippen molar-refractivity contribution in [3.05, 3.63) is 47.6 Å². The molecule has 0 saturated heterocycles. The number of carbonyl (C=O) groups excluding carboxylic acids is 2. The van der Waals surface area contributed by atoms with E-state index in [2.05, 4.69) is 11.9 Å². The summed E-state index contributed by atoms with van der Waals surface area (Å²) in [5, 5.41) is 0. The highest BCUT2D eigenvalue weighted by Crippen LogP contribution is 2.24. The van der Waals surface area contributed by atoms with E-state index < -0.39 is 0 Å². The summed E-state index contributed by atoms with van der Waals surface area (Å²) in [6.07, 6.45) is 12.8. The van der Waals surface area contributed by atoms with Gasteiger partial charge in [0.15, 0.2) is 17.9 Å². The van der Waals surface area contributed by atoms with Crippen LogP contribution >= 0.6 is 0 Å². The van der Waals surface area contributed by atoms with E-state index in [0.717, 1.165) is 62.0 Å². The van der Waals surface area contributed by atoms with Crippen LogP contribution in [-0.4, -0.2) is 35.5 Å². The fraction of sp³-hybridized carbons (Fsp3) is 0.458. The second-order valence-electron chi connectivity index (χ2n) is 7.28. The average Bonchev–Trinajstić information content (AvgIpc) is 3.22. The molecule has 0 bridgehead atoms. The number of benzene rings is 1. The van der Waals surface area contributed by atoms with E-state index >= 15 is 0 Å². The highest BCUT2D eigenvalue weighted by molar-refractivity contribution is 5.83. The number of nitrogens with zero attached hydrogens (tertiary/aromatic N) is 2. The lowest BCUT2D eigenvalue weighted by Crippen LogP contribution is -2.08. The zero-order valence-electron chi connectivity index (χ0n) is 17.8. The van der Waals surface area contributed by atoms with Crippen molar-refractivity contribution in [1.82, 2.24) is 9.88 Å². The molecule has 0 aliphatic heterocycles. The number of unbranched alkanes of at least 4 members (excludes halogenated alkanes) is 3. The molecule has 0 atom stereocenters. The molecule has 0 aliphatic rings. The lowest BCUT2D eigenvalue weighted by molar-refractivity contribution is -0.118. The predicted octanol–water partition coefficient (Wildman–Crippen LogP) is 5.55. The van der Waals surface area contributed by atoms with Gasteiger partial charge < -0.3 is 9.32 Å². The fourth-order valence-corrected chi connectivity index (χ4v) is 2.98. The fourth-order valence-electron chi connectivity index (χ4n) is 2.98. The molecule has 5 heteroatoms. The molecule has 1 heterocycles. The first kappa shape index (κ1) is 22.6. The van der Waals surface area contributed by atoms with Gasteiger partial charge in [0.25, 0.3) is 0 Å². The molecule has 0 unspecified atom stereocenters. The van der Waals surface area contributed by atoms with Gasteiger partial charge in [-0.05, 0) is 43.7 Å². The summed E-state index contributed by atoms with van der Waals surface area (Å²) in [6, 6.07) is 5.66. The van der Waals surface area contributed by atoms with Gasteiger partial charge in [-0.1, -0.05) is 31.9 Å². The zero-order chi connectivity index (χ0) is 21.1. The molecule has 0 amide bonds. The molecule has 0 N–H and O–H groups in total. The third kappa shape index (κ3) is 7.33. The van der Waals surface area contributed by atoms with E-state index in [0.29, 0.717) is 29.9 Å². The largest absolute Gasteiger partial charge is 0.441 e. The molecule has 29 heavy (non-hydrogen) atoms. The highest BCUT2D eigenvalue weighted by Gasteiger charge is 2.09. The molecule has 0 radical (unpaired) electrons. The normalized spacial score (nSPS) is 11.1. The molecule has 5 nitrogen and oxygen atoms in total. The second kappa shape index (κ2) is 12.0. The topological polar surface area (TPSA) is 63.4 Å². The van der Waals surface area contributed by atoms with Crippen molar-refractivity contribution >= 4 is 18.1 Å². The van der Waals surface area contributed by atoms with Gasteiger partial charge in [0.05, 0.1) is 6.20 Å². The van der Waals surface area contributed by atoms with Crippen LogP contribution in [0.25, 0.3) is 17.4 Å². The van der Waals surface area contributed by atoms with Crippen LogP contribution in [0.5, 0.6) is 0 Å². The minimum Gasteiger partial charge on any atom is -0.441 e. The molecular weight excluding hydrogens is 364 g/mol. The third-order valence-electron chi connectivity index (χ3n) is 5.05. The number of carbonyl (C=O) groups is 2. The summed E-state index contributed by atoms with van der Waals surface area (Å²) in [7, 11) is 1.99. The monoisotopic (exact) mass is 396 g/mol. The Balaban J connectivity index is 1.94. The van der Waals surface area contributed by atoms with Gasteiger partial charge in [0.1, 0.15) is 5.78 Å². The van der Waals surface area contributed by atoms with Crippen LogP contribution in [0.15, 0.2) is 35.0 Å². The van der Waals surface area contributed by atoms with Crippen LogP contribution in [-0.2, 0) is 11.2 Å². The van der Waals surface area contributed by atoms with Crippen molar-refractivity contribution in [2.75, 3.05) is 13.6 Å². The van der Waals surface area contributed by atoms with Crippen LogP contribution in [0.3, 0.4) is 0 Å². The minimum absolute atomic E-state index is 0.346. The van der Waals surface area contributed by atoms with Crippen LogP contribution in [0.4, 0.5) is 0 Å². The Kier molecular flexibility index (Phi) is 9.35. The van der Waals surface area contributed by atoms with Crippen LogP contribution < -0.4 is 0 Å². The first-order valence-corrected chi connectivity index (χ1v) is 10.5. The number of hydrogen-bond acceptors (Lipinski definition) is 5. The molecule has 0 fully saturated rings. The van der Waals surface area contributed by atoms with E-state index in [1.54, 1.807) is 6.20 Å². The van der Waals surface area contributed by atoms with Gasteiger partial charge in [-0.15, -0.1) is 0 Å². The van der Waals surface area contributed by atoms with Crippen molar-refractivity contribution in [3.8, 4) is 11.3 Å². The number of aryl methyl sites for hydroxylation is 1. The number of oxazole rings is 1. The maximum Gasteiger partial charge on any atom is 0.194 e. The van der Waals surface area contributed by atoms with Crippen molar-refractivity contribution < 1.29 is 14.0 Å². The van der Waals surface area contributed by atoms with Crippen LogP contribution in [0.1, 0.15) is 74.2 Å². The molecule has 1 aromatic carbocycles. The van der Waals surface area contributed by atoms with Crippen LogP contribution in [0, 0.1) is 0 Å². The standard InChI is InChI=1S/C24H32N2O3/c1-4-22(28)10-8-6-7-9-11-24-25-17-23(29-24)20-12-13-21(18-27)19(16-20)14-15-26(3)5-2/h12-18H,4-11H2,1-3H3/b15-14-. The van der Waals surface area contributed by atoms with Gasteiger partial charge in [-0.2, -0.15) is 0 Å². The van der Waals surface area contributed by atoms with E-state index in [1.165, 1.54) is 0 Å². The maximum absolute atomic E-state index is 11.3. The maximum atomic E-state index is 11.3. The summed E-state index contributed by atoms with van der Waals surface area (Å²) >= 11 is 0. The SMILES string of the molecule is CCC(=O)CCCCCCc1ncc(-c2ccc(C=O)c(/C=C\N(C)CC)c2)o1. The van der Waals surface area contributed by atoms with Gasteiger partial charge in [-0.3, -0.25) is 9.59 Å². The number of ketones is 1. The lowest BCUT2D eigenvalue weighted by Gasteiger charge is -2.10. The quantitative estimate of drug-likeness (QED) is 0.328. The second-order valence-corrected chi connectivity index (χ2v) is 7.28. The Hall–Kier alpha value is -2.69. The third-order valence-corrected chi connectivity index (χ3v) is 5.05. The van der Waals surface area contributed by atoms with Crippen molar-refractivity contribution in [3.63, 3.8) is 0 Å². The van der Waals surface area contributed by atoms with Gasteiger partial charge >= 0.3 is 0 Å². The van der Waals surface area contributed by atoms with Crippen molar-refractivity contribution in [2.45, 2.75) is 58.8 Å². The number of aldehydes is 1. The lowest BCUT2D eigenvalue weighted by atomic mass is 10.0. The van der Waals surface area contributed by atoms with E-state index in [4.69, 9.17) is 4.42 Å². The summed E-state index contributed by atoms with van der Waals surface area (Å²) < 4.78 is 5.92. The first-order valence-electron chi connectivity index (χ1n) is 10.5. The molecule has 0 spiro atoms. The van der Waals surface area contributed by atoms with Gasteiger partial charge in [0.2, 0.25) is 0 Å². The Morgan fingerprint density at radius 3 is 2.66 bits per heavy atom. The molecule has 0 aliphatic carbocycles. The van der Waals surface area contributed by atoms with Crippen LogP contribution in [0.2, 0.25) is 0 Å². The van der Waals surface area contributed by atoms with Gasteiger partial charge in [-0.25, -0.2) is 4.98 Å². The molecule has 0 saturated carbocycles. The zero-order valence-corrected chi connectivity index (χ0v) is 17.8. The summed E-state index contributed by atoms with van der Waals surface area (Å²) in [4.78, 5) is 29.1. The molecule has 156 valence electrons.